The Morgan fingerprint density at radius 1 is 1.47 bits per heavy atom. The Bertz CT molecular complexity index is 427. The van der Waals surface area contributed by atoms with Crippen LogP contribution >= 0.6 is 0 Å². The molecule has 1 rings (SSSR count). The van der Waals surface area contributed by atoms with Crippen molar-refractivity contribution in [1.29, 1.82) is 0 Å². The third-order valence-electron chi connectivity index (χ3n) is 1.47. The fraction of sp³-hybridized carbons (Fsp3) is 0.111. The molecule has 78 valence electrons. The van der Waals surface area contributed by atoms with Crippen LogP contribution in [-0.4, -0.2) is 20.9 Å². The van der Waals surface area contributed by atoms with Crippen LogP contribution in [0, 0.1) is 0 Å². The Morgan fingerprint density at radius 3 is 2.67 bits per heavy atom. The molecule has 0 aliphatic heterocycles. The van der Waals surface area contributed by atoms with Gasteiger partial charge in [-0.1, -0.05) is 13.2 Å². The molecule has 0 spiro atoms. The zero-order valence-electron chi connectivity index (χ0n) is 8.32. The van der Waals surface area contributed by atoms with Gasteiger partial charge in [-0.3, -0.25) is 10.1 Å². The van der Waals surface area contributed by atoms with E-state index in [0.717, 1.165) is 0 Å². The van der Waals surface area contributed by atoms with Crippen molar-refractivity contribution in [3.8, 4) is 0 Å². The highest BCUT2D eigenvalue weighted by Crippen LogP contribution is 2.04. The third-order valence-corrected chi connectivity index (χ3v) is 1.47. The molecule has 1 amide bonds. The van der Waals surface area contributed by atoms with Crippen LogP contribution in [0.15, 0.2) is 18.7 Å². The molecule has 0 unspecified atom stereocenters. The van der Waals surface area contributed by atoms with E-state index in [2.05, 4.69) is 33.4 Å². The number of amides is 1. The summed E-state index contributed by atoms with van der Waals surface area (Å²) in [6, 6.07) is 0. The van der Waals surface area contributed by atoms with E-state index in [4.69, 9.17) is 5.73 Å². The Labute approximate surface area is 87.0 Å². The quantitative estimate of drug-likeness (QED) is 0.705. The largest absolute Gasteiger partial charge is 0.368 e. The number of nitrogens with one attached hydrogen (secondary N) is 1. The van der Waals surface area contributed by atoms with Crippen LogP contribution in [0.25, 0.3) is 6.08 Å². The third kappa shape index (κ3) is 2.87. The summed E-state index contributed by atoms with van der Waals surface area (Å²) >= 11 is 0. The van der Waals surface area contributed by atoms with Crippen LogP contribution in [0.2, 0.25) is 0 Å². The Balaban J connectivity index is 2.95. The molecule has 0 bridgehead atoms. The molecule has 6 nitrogen and oxygen atoms in total. The molecule has 0 fully saturated rings. The molecule has 1 heterocycles. The number of hydrogen-bond donors (Lipinski definition) is 2. The Hall–Kier alpha value is -2.24. The van der Waals surface area contributed by atoms with Crippen LogP contribution in [0.4, 0.5) is 11.9 Å². The average Bonchev–Trinajstić information content (AvgIpc) is 2.16. The molecule has 3 N–H and O–H groups in total. The van der Waals surface area contributed by atoms with Crippen molar-refractivity contribution in [3.05, 3.63) is 24.6 Å². The number of rotatable bonds is 3. The maximum Gasteiger partial charge on any atom is 0.253 e. The molecule has 0 saturated heterocycles. The molecule has 0 aromatic carbocycles. The minimum Gasteiger partial charge on any atom is -0.368 e. The SMILES string of the molecule is C=Cc1nc(N)nc(NC(=O)C(=C)C)n1. The first-order valence-corrected chi connectivity index (χ1v) is 4.13. The van der Waals surface area contributed by atoms with Gasteiger partial charge in [-0.25, -0.2) is 0 Å². The summed E-state index contributed by atoms with van der Waals surface area (Å²) in [5.41, 5.74) is 5.76. The molecule has 0 atom stereocenters. The smallest absolute Gasteiger partial charge is 0.253 e. The lowest BCUT2D eigenvalue weighted by molar-refractivity contribution is -0.112. The van der Waals surface area contributed by atoms with Crippen molar-refractivity contribution in [1.82, 2.24) is 15.0 Å². The normalized spacial score (nSPS) is 9.40. The van der Waals surface area contributed by atoms with E-state index in [0.29, 0.717) is 11.4 Å². The lowest BCUT2D eigenvalue weighted by Gasteiger charge is -2.03. The molecular formula is C9H11N5O. The number of carbonyl (C=O) groups excluding carboxylic acids is 1. The number of anilines is 2. The van der Waals surface area contributed by atoms with Gasteiger partial charge in [0, 0.05) is 5.57 Å². The number of nitrogens with two attached hydrogens (primary N) is 1. The van der Waals surface area contributed by atoms with Crippen LogP contribution < -0.4 is 11.1 Å². The summed E-state index contributed by atoms with van der Waals surface area (Å²) < 4.78 is 0. The first-order valence-electron chi connectivity index (χ1n) is 4.13. The Morgan fingerprint density at radius 2 is 2.13 bits per heavy atom. The van der Waals surface area contributed by atoms with Crippen molar-refractivity contribution in [2.75, 3.05) is 11.1 Å². The maximum absolute atomic E-state index is 11.2. The predicted octanol–water partition coefficient (Wildman–Crippen LogP) is 0.611. The number of hydrogen-bond acceptors (Lipinski definition) is 5. The van der Waals surface area contributed by atoms with E-state index in [9.17, 15) is 4.79 Å². The number of nitrogen functional groups attached to an aromatic ring is 1. The van der Waals surface area contributed by atoms with Crippen molar-refractivity contribution in [2.45, 2.75) is 6.92 Å². The fourth-order valence-electron chi connectivity index (χ4n) is 0.765. The second-order valence-corrected chi connectivity index (χ2v) is 2.81. The topological polar surface area (TPSA) is 93.8 Å². The minimum atomic E-state index is -0.365. The van der Waals surface area contributed by atoms with Gasteiger partial charge in [-0.15, -0.1) is 0 Å². The standard InChI is InChI=1S/C9H11N5O/c1-4-6-11-8(10)14-9(12-6)13-7(15)5(2)3/h4H,1-2H2,3H3,(H3,10,11,12,13,14,15). The highest BCUT2D eigenvalue weighted by molar-refractivity contribution is 6.01. The summed E-state index contributed by atoms with van der Waals surface area (Å²) in [6.07, 6.45) is 1.41. The van der Waals surface area contributed by atoms with Gasteiger partial charge in [0.2, 0.25) is 11.9 Å². The first kappa shape index (κ1) is 10.8. The van der Waals surface area contributed by atoms with E-state index in [-0.39, 0.29) is 17.8 Å². The maximum atomic E-state index is 11.2. The lowest BCUT2D eigenvalue weighted by atomic mass is 10.3. The van der Waals surface area contributed by atoms with Gasteiger partial charge >= 0.3 is 0 Å². The van der Waals surface area contributed by atoms with Gasteiger partial charge in [-0.05, 0) is 13.0 Å². The average molecular weight is 205 g/mol. The highest BCUT2D eigenvalue weighted by Gasteiger charge is 2.06. The van der Waals surface area contributed by atoms with Gasteiger partial charge in [0.1, 0.15) is 0 Å². The molecule has 0 aliphatic carbocycles. The summed E-state index contributed by atoms with van der Waals surface area (Å²) in [7, 11) is 0. The number of aromatic nitrogens is 3. The zero-order chi connectivity index (χ0) is 11.4. The van der Waals surface area contributed by atoms with Crippen molar-refractivity contribution < 1.29 is 4.79 Å². The van der Waals surface area contributed by atoms with E-state index < -0.39 is 0 Å². The van der Waals surface area contributed by atoms with Gasteiger partial charge in [-0.2, -0.15) is 15.0 Å². The van der Waals surface area contributed by atoms with Gasteiger partial charge in [0.15, 0.2) is 5.82 Å². The summed E-state index contributed by atoms with van der Waals surface area (Å²) in [4.78, 5) is 22.6. The van der Waals surface area contributed by atoms with E-state index in [1.165, 1.54) is 6.08 Å². The van der Waals surface area contributed by atoms with Crippen molar-refractivity contribution in [3.63, 3.8) is 0 Å². The lowest BCUT2D eigenvalue weighted by Crippen LogP contribution is -2.16. The molecule has 1 aromatic heterocycles. The summed E-state index contributed by atoms with van der Waals surface area (Å²) in [5, 5.41) is 2.43. The van der Waals surface area contributed by atoms with Gasteiger partial charge in [0.25, 0.3) is 5.91 Å². The minimum absolute atomic E-state index is 0.0249. The second-order valence-electron chi connectivity index (χ2n) is 2.81. The van der Waals surface area contributed by atoms with Crippen molar-refractivity contribution in [2.24, 2.45) is 0 Å². The molecule has 0 saturated carbocycles. The predicted molar refractivity (Wildman–Crippen MR) is 57.8 cm³/mol. The van der Waals surface area contributed by atoms with Gasteiger partial charge in [0.05, 0.1) is 0 Å². The molecule has 1 aromatic rings. The van der Waals surface area contributed by atoms with E-state index >= 15 is 0 Å². The van der Waals surface area contributed by atoms with Crippen LogP contribution in [0.3, 0.4) is 0 Å². The van der Waals surface area contributed by atoms with Gasteiger partial charge < -0.3 is 5.73 Å². The van der Waals surface area contributed by atoms with E-state index in [1.54, 1.807) is 6.92 Å². The molecule has 0 aliphatic rings. The van der Waals surface area contributed by atoms with Crippen LogP contribution in [0.5, 0.6) is 0 Å². The monoisotopic (exact) mass is 205 g/mol. The zero-order valence-corrected chi connectivity index (χ0v) is 8.32. The molecule has 15 heavy (non-hydrogen) atoms. The highest BCUT2D eigenvalue weighted by atomic mass is 16.1. The molecular weight excluding hydrogens is 194 g/mol. The summed E-state index contributed by atoms with van der Waals surface area (Å²) in [5.74, 6) is 0.0532. The second kappa shape index (κ2) is 4.32. The molecule has 0 radical (unpaired) electrons. The fourth-order valence-corrected chi connectivity index (χ4v) is 0.765. The van der Waals surface area contributed by atoms with E-state index in [1.807, 2.05) is 0 Å². The van der Waals surface area contributed by atoms with Crippen LogP contribution in [0.1, 0.15) is 12.7 Å². The molecule has 6 heteroatoms. The number of nitrogens with zero attached hydrogens (tertiary/aromatic N) is 3. The number of carbonyl (C=O) groups is 1. The van der Waals surface area contributed by atoms with Crippen molar-refractivity contribution >= 4 is 23.9 Å². The first-order chi connectivity index (χ1) is 7.02. The Kier molecular flexibility index (Phi) is 3.12. The summed E-state index contributed by atoms with van der Waals surface area (Å²) in [6.45, 7) is 8.55. The van der Waals surface area contributed by atoms with Crippen LogP contribution in [-0.2, 0) is 4.79 Å².